The standard InChI is InChI=1S/C15H13F3N2O4S/c16-15(17,18)24-13-7-3-11(4-8-13)14(21)20-12-5-1-10(2-6-12)9-25(19,22)23/h1-8H,9H2,(H,20,21)(H2,19,22,23). The molecule has 10 heteroatoms. The van der Waals surface area contributed by atoms with Gasteiger partial charge in [-0.25, -0.2) is 13.6 Å². The van der Waals surface area contributed by atoms with Crippen LogP contribution < -0.4 is 15.2 Å². The van der Waals surface area contributed by atoms with E-state index in [4.69, 9.17) is 5.14 Å². The second-order valence-electron chi connectivity index (χ2n) is 5.03. The number of nitrogens with one attached hydrogen (secondary N) is 1. The predicted octanol–water partition coefficient (Wildman–Crippen LogP) is 2.63. The molecule has 0 spiro atoms. The Labute approximate surface area is 141 Å². The van der Waals surface area contributed by atoms with Crippen molar-refractivity contribution in [2.75, 3.05) is 5.32 Å². The number of ether oxygens (including phenoxy) is 1. The molecule has 2 aromatic carbocycles. The van der Waals surface area contributed by atoms with Crippen molar-refractivity contribution in [1.82, 2.24) is 0 Å². The number of primary sulfonamides is 1. The lowest BCUT2D eigenvalue weighted by Crippen LogP contribution is -2.17. The molecule has 6 nitrogen and oxygen atoms in total. The van der Waals surface area contributed by atoms with Crippen LogP contribution in [0.5, 0.6) is 5.75 Å². The van der Waals surface area contributed by atoms with Gasteiger partial charge in [-0.2, -0.15) is 0 Å². The summed E-state index contributed by atoms with van der Waals surface area (Å²) in [5, 5.41) is 7.47. The Hall–Kier alpha value is -2.59. The van der Waals surface area contributed by atoms with Crippen LogP contribution in [0, 0.1) is 0 Å². The number of halogens is 3. The summed E-state index contributed by atoms with van der Waals surface area (Å²) in [6.07, 6.45) is -4.80. The Morgan fingerprint density at radius 2 is 1.60 bits per heavy atom. The Balaban J connectivity index is 2.02. The highest BCUT2D eigenvalue weighted by Gasteiger charge is 2.31. The average molecular weight is 374 g/mol. The normalized spacial score (nSPS) is 11.8. The van der Waals surface area contributed by atoms with Gasteiger partial charge in [-0.3, -0.25) is 4.79 Å². The average Bonchev–Trinajstić information content (AvgIpc) is 2.47. The summed E-state index contributed by atoms with van der Waals surface area (Å²) >= 11 is 0. The number of alkyl halides is 3. The lowest BCUT2D eigenvalue weighted by Gasteiger charge is -2.10. The number of hydrogen-bond acceptors (Lipinski definition) is 4. The molecule has 0 saturated heterocycles. The lowest BCUT2D eigenvalue weighted by molar-refractivity contribution is -0.274. The first kappa shape index (κ1) is 18.7. The number of benzene rings is 2. The van der Waals surface area contributed by atoms with Gasteiger partial charge in [-0.05, 0) is 42.0 Å². The van der Waals surface area contributed by atoms with E-state index in [1.807, 2.05) is 0 Å². The molecule has 2 rings (SSSR count). The molecule has 0 atom stereocenters. The first-order valence-electron chi connectivity index (χ1n) is 6.78. The van der Waals surface area contributed by atoms with Crippen LogP contribution in [-0.4, -0.2) is 20.7 Å². The fourth-order valence-electron chi connectivity index (χ4n) is 1.93. The van der Waals surface area contributed by atoms with Gasteiger partial charge in [-0.15, -0.1) is 13.2 Å². The maximum atomic E-state index is 12.1. The van der Waals surface area contributed by atoms with Crippen molar-refractivity contribution in [3.05, 3.63) is 59.7 Å². The van der Waals surface area contributed by atoms with E-state index in [0.717, 1.165) is 12.1 Å². The number of sulfonamides is 1. The molecular formula is C15H13F3N2O4S. The van der Waals surface area contributed by atoms with Crippen LogP contribution in [0.1, 0.15) is 15.9 Å². The van der Waals surface area contributed by atoms with E-state index < -0.39 is 28.0 Å². The third-order valence-electron chi connectivity index (χ3n) is 2.93. The van der Waals surface area contributed by atoms with Crippen molar-refractivity contribution in [2.45, 2.75) is 12.1 Å². The first-order valence-corrected chi connectivity index (χ1v) is 8.50. The second kappa shape index (κ2) is 7.11. The van der Waals surface area contributed by atoms with Gasteiger partial charge in [0.1, 0.15) is 5.75 Å². The molecule has 134 valence electrons. The van der Waals surface area contributed by atoms with Crippen molar-refractivity contribution >= 4 is 21.6 Å². The molecule has 0 aliphatic carbocycles. The first-order chi connectivity index (χ1) is 11.5. The van der Waals surface area contributed by atoms with Crippen molar-refractivity contribution < 1.29 is 31.1 Å². The number of carbonyl (C=O) groups is 1. The van der Waals surface area contributed by atoms with E-state index in [1.54, 1.807) is 0 Å². The molecule has 0 aromatic heterocycles. The zero-order chi connectivity index (χ0) is 18.7. The summed E-state index contributed by atoms with van der Waals surface area (Å²) in [5.74, 6) is -1.31. The molecule has 0 aliphatic heterocycles. The van der Waals surface area contributed by atoms with E-state index in [1.165, 1.54) is 36.4 Å². The lowest BCUT2D eigenvalue weighted by atomic mass is 10.2. The van der Waals surface area contributed by atoms with Crippen molar-refractivity contribution in [2.24, 2.45) is 5.14 Å². The number of anilines is 1. The minimum Gasteiger partial charge on any atom is -0.406 e. The van der Waals surface area contributed by atoms with Crippen molar-refractivity contribution in [1.29, 1.82) is 0 Å². The van der Waals surface area contributed by atoms with Crippen LogP contribution in [0.25, 0.3) is 0 Å². The smallest absolute Gasteiger partial charge is 0.406 e. The zero-order valence-corrected chi connectivity index (χ0v) is 13.4. The van der Waals surface area contributed by atoms with Crippen LogP contribution in [0.4, 0.5) is 18.9 Å². The molecule has 0 radical (unpaired) electrons. The molecule has 2 aromatic rings. The molecule has 0 fully saturated rings. The van der Waals surface area contributed by atoms with Crippen molar-refractivity contribution in [3.8, 4) is 5.75 Å². The summed E-state index contributed by atoms with van der Waals surface area (Å²) < 4.78 is 61.9. The van der Waals surface area contributed by atoms with Gasteiger partial charge in [0.2, 0.25) is 10.0 Å². The number of nitrogens with two attached hydrogens (primary N) is 1. The summed E-state index contributed by atoms with van der Waals surface area (Å²) in [4.78, 5) is 12.0. The SMILES string of the molecule is NS(=O)(=O)Cc1ccc(NC(=O)c2ccc(OC(F)(F)F)cc2)cc1. The highest BCUT2D eigenvalue weighted by Crippen LogP contribution is 2.23. The molecular weight excluding hydrogens is 361 g/mol. The largest absolute Gasteiger partial charge is 0.573 e. The molecule has 0 aliphatic rings. The fourth-order valence-corrected chi connectivity index (χ4v) is 2.58. The topological polar surface area (TPSA) is 98.5 Å². The second-order valence-corrected chi connectivity index (χ2v) is 6.64. The minimum atomic E-state index is -4.80. The van der Waals surface area contributed by atoms with E-state index >= 15 is 0 Å². The van der Waals surface area contributed by atoms with Gasteiger partial charge < -0.3 is 10.1 Å². The van der Waals surface area contributed by atoms with Gasteiger partial charge >= 0.3 is 6.36 Å². The summed E-state index contributed by atoms with van der Waals surface area (Å²) in [6.45, 7) is 0. The quantitative estimate of drug-likeness (QED) is 0.840. The summed E-state index contributed by atoms with van der Waals surface area (Å²) in [5.41, 5.74) is 0.969. The number of rotatable bonds is 5. The highest BCUT2D eigenvalue weighted by atomic mass is 32.2. The van der Waals surface area contributed by atoms with Gasteiger partial charge in [0.15, 0.2) is 0 Å². The van der Waals surface area contributed by atoms with Crippen LogP contribution in [0.15, 0.2) is 48.5 Å². The minimum absolute atomic E-state index is 0.128. The third kappa shape index (κ3) is 6.43. The van der Waals surface area contributed by atoms with E-state index in [2.05, 4.69) is 10.1 Å². The monoisotopic (exact) mass is 374 g/mol. The van der Waals surface area contributed by atoms with E-state index in [9.17, 15) is 26.4 Å². The summed E-state index contributed by atoms with van der Waals surface area (Å²) in [6, 6.07) is 10.4. The van der Waals surface area contributed by atoms with Crippen LogP contribution >= 0.6 is 0 Å². The molecule has 0 unspecified atom stereocenters. The Bertz CT molecular complexity index is 848. The molecule has 0 bridgehead atoms. The Morgan fingerprint density at radius 3 is 2.08 bits per heavy atom. The number of hydrogen-bond donors (Lipinski definition) is 2. The Kier molecular flexibility index (Phi) is 5.33. The number of amides is 1. The maximum absolute atomic E-state index is 12.1. The fraction of sp³-hybridized carbons (Fsp3) is 0.133. The van der Waals surface area contributed by atoms with Gasteiger partial charge in [0, 0.05) is 11.3 Å². The molecule has 3 N–H and O–H groups in total. The third-order valence-corrected chi connectivity index (χ3v) is 3.67. The van der Waals surface area contributed by atoms with Crippen LogP contribution in [-0.2, 0) is 15.8 Å². The van der Waals surface area contributed by atoms with Gasteiger partial charge in [-0.1, -0.05) is 12.1 Å². The van der Waals surface area contributed by atoms with Crippen LogP contribution in [0.2, 0.25) is 0 Å². The zero-order valence-electron chi connectivity index (χ0n) is 12.6. The summed E-state index contributed by atoms with van der Waals surface area (Å²) in [7, 11) is -3.65. The van der Waals surface area contributed by atoms with E-state index in [0.29, 0.717) is 11.3 Å². The molecule has 0 saturated carbocycles. The number of carbonyl (C=O) groups excluding carboxylic acids is 1. The molecule has 25 heavy (non-hydrogen) atoms. The van der Waals surface area contributed by atoms with Crippen LogP contribution in [0.3, 0.4) is 0 Å². The van der Waals surface area contributed by atoms with Gasteiger partial charge in [0.05, 0.1) is 5.75 Å². The maximum Gasteiger partial charge on any atom is 0.573 e. The van der Waals surface area contributed by atoms with Gasteiger partial charge in [0.25, 0.3) is 5.91 Å². The highest BCUT2D eigenvalue weighted by molar-refractivity contribution is 7.88. The predicted molar refractivity (Wildman–Crippen MR) is 84.3 cm³/mol. The van der Waals surface area contributed by atoms with Crippen molar-refractivity contribution in [3.63, 3.8) is 0 Å². The van der Waals surface area contributed by atoms with E-state index in [-0.39, 0.29) is 11.3 Å². The molecule has 1 amide bonds. The Morgan fingerprint density at radius 1 is 1.04 bits per heavy atom. The molecule has 0 heterocycles.